The van der Waals surface area contributed by atoms with Gasteiger partial charge < -0.3 is 11.1 Å². The van der Waals surface area contributed by atoms with Crippen molar-refractivity contribution in [1.82, 2.24) is 15.1 Å². The van der Waals surface area contributed by atoms with Crippen LogP contribution in [0, 0.1) is 5.92 Å². The number of hydrogen-bond donors (Lipinski definition) is 2. The van der Waals surface area contributed by atoms with E-state index in [4.69, 9.17) is 5.73 Å². The normalized spacial score (nSPS) is 18.4. The maximum Gasteiger partial charge on any atom is 0.255 e. The lowest BCUT2D eigenvalue weighted by molar-refractivity contribution is 0.0897. The van der Waals surface area contributed by atoms with E-state index in [2.05, 4.69) is 10.4 Å². The summed E-state index contributed by atoms with van der Waals surface area (Å²) in [5.41, 5.74) is 7.04. The third kappa shape index (κ3) is 2.41. The molecule has 1 atom stereocenters. The average molecular weight is 250 g/mol. The molecular weight excluding hydrogens is 228 g/mol. The van der Waals surface area contributed by atoms with E-state index in [1.807, 2.05) is 20.9 Å². The van der Waals surface area contributed by atoms with Crippen LogP contribution in [0.3, 0.4) is 0 Å². The van der Waals surface area contributed by atoms with E-state index in [9.17, 15) is 4.79 Å². The molecule has 0 radical (unpaired) electrons. The molecule has 1 saturated carbocycles. The van der Waals surface area contributed by atoms with Crippen molar-refractivity contribution in [2.75, 3.05) is 6.54 Å². The predicted molar refractivity (Wildman–Crippen MR) is 70.2 cm³/mol. The molecule has 0 bridgehead atoms. The molecule has 5 nitrogen and oxygen atoms in total. The lowest BCUT2D eigenvalue weighted by Gasteiger charge is -2.29. The Morgan fingerprint density at radius 2 is 2.33 bits per heavy atom. The third-order valence-corrected chi connectivity index (χ3v) is 3.79. The van der Waals surface area contributed by atoms with Gasteiger partial charge in [0.25, 0.3) is 5.91 Å². The minimum absolute atomic E-state index is 0.0557. The SMILES string of the molecule is CCc1nn(C)cc1C(=O)NC(C)(CN)C1CC1. The van der Waals surface area contributed by atoms with Gasteiger partial charge in [-0.3, -0.25) is 9.48 Å². The highest BCUT2D eigenvalue weighted by Crippen LogP contribution is 2.39. The van der Waals surface area contributed by atoms with Gasteiger partial charge in [-0.2, -0.15) is 5.10 Å². The number of aryl methyl sites for hydroxylation is 2. The van der Waals surface area contributed by atoms with Crippen LogP contribution in [0.25, 0.3) is 0 Å². The van der Waals surface area contributed by atoms with Gasteiger partial charge in [0.2, 0.25) is 0 Å². The topological polar surface area (TPSA) is 72.9 Å². The Morgan fingerprint density at radius 1 is 1.67 bits per heavy atom. The predicted octanol–water partition coefficient (Wildman–Crippen LogP) is 0.840. The van der Waals surface area contributed by atoms with Crippen LogP contribution >= 0.6 is 0 Å². The molecular formula is C13H22N4O. The molecule has 1 unspecified atom stereocenters. The smallest absolute Gasteiger partial charge is 0.255 e. The fraction of sp³-hybridized carbons (Fsp3) is 0.692. The largest absolute Gasteiger partial charge is 0.345 e. The van der Waals surface area contributed by atoms with Crippen LogP contribution in [0.15, 0.2) is 6.20 Å². The summed E-state index contributed by atoms with van der Waals surface area (Å²) < 4.78 is 1.69. The molecule has 1 aliphatic rings. The van der Waals surface area contributed by atoms with Crippen LogP contribution in [0.1, 0.15) is 42.7 Å². The number of carbonyl (C=O) groups excluding carboxylic acids is 1. The van der Waals surface area contributed by atoms with Crippen LogP contribution < -0.4 is 11.1 Å². The number of carbonyl (C=O) groups is 1. The maximum absolute atomic E-state index is 12.3. The van der Waals surface area contributed by atoms with Crippen LogP contribution in [-0.2, 0) is 13.5 Å². The van der Waals surface area contributed by atoms with Gasteiger partial charge >= 0.3 is 0 Å². The van der Waals surface area contributed by atoms with Gasteiger partial charge in [-0.15, -0.1) is 0 Å². The van der Waals surface area contributed by atoms with Gasteiger partial charge in [-0.25, -0.2) is 0 Å². The Labute approximate surface area is 108 Å². The minimum atomic E-state index is -0.280. The molecule has 100 valence electrons. The summed E-state index contributed by atoms with van der Waals surface area (Å²) in [5, 5.41) is 7.38. The molecule has 0 spiro atoms. The van der Waals surface area contributed by atoms with E-state index in [-0.39, 0.29) is 11.4 Å². The number of aromatic nitrogens is 2. The number of nitrogens with two attached hydrogens (primary N) is 1. The first kappa shape index (κ1) is 13.1. The molecule has 1 heterocycles. The molecule has 0 aliphatic heterocycles. The highest BCUT2D eigenvalue weighted by atomic mass is 16.1. The van der Waals surface area contributed by atoms with Crippen LogP contribution in [0.5, 0.6) is 0 Å². The molecule has 1 aliphatic carbocycles. The number of hydrogen-bond acceptors (Lipinski definition) is 3. The molecule has 0 saturated heterocycles. The third-order valence-electron chi connectivity index (χ3n) is 3.79. The van der Waals surface area contributed by atoms with E-state index in [0.29, 0.717) is 18.0 Å². The summed E-state index contributed by atoms with van der Waals surface area (Å²) in [6, 6.07) is 0. The summed E-state index contributed by atoms with van der Waals surface area (Å²) in [4.78, 5) is 12.3. The Kier molecular flexibility index (Phi) is 3.43. The molecule has 1 aromatic heterocycles. The van der Waals surface area contributed by atoms with Crippen molar-refractivity contribution in [3.8, 4) is 0 Å². The molecule has 0 aromatic carbocycles. The maximum atomic E-state index is 12.3. The van der Waals surface area contributed by atoms with Gasteiger partial charge in [0.1, 0.15) is 0 Å². The monoisotopic (exact) mass is 250 g/mol. The molecule has 2 rings (SSSR count). The van der Waals surface area contributed by atoms with Crippen molar-refractivity contribution in [1.29, 1.82) is 0 Å². The summed E-state index contributed by atoms with van der Waals surface area (Å²) >= 11 is 0. The number of nitrogens with one attached hydrogen (secondary N) is 1. The van der Waals surface area contributed by atoms with Crippen molar-refractivity contribution >= 4 is 5.91 Å². The molecule has 1 fully saturated rings. The second-order valence-electron chi connectivity index (χ2n) is 5.37. The highest BCUT2D eigenvalue weighted by Gasteiger charge is 2.41. The first-order valence-corrected chi connectivity index (χ1v) is 6.55. The number of amides is 1. The summed E-state index contributed by atoms with van der Waals surface area (Å²) in [5.74, 6) is 0.466. The zero-order valence-electron chi connectivity index (χ0n) is 11.4. The van der Waals surface area contributed by atoms with E-state index in [0.717, 1.165) is 25.0 Å². The summed E-state index contributed by atoms with van der Waals surface area (Å²) in [6.45, 7) is 4.51. The van der Waals surface area contributed by atoms with E-state index in [1.54, 1.807) is 10.9 Å². The van der Waals surface area contributed by atoms with E-state index >= 15 is 0 Å². The van der Waals surface area contributed by atoms with Gasteiger partial charge in [0.15, 0.2) is 0 Å². The van der Waals surface area contributed by atoms with E-state index < -0.39 is 0 Å². The fourth-order valence-electron chi connectivity index (χ4n) is 2.35. The van der Waals surface area contributed by atoms with Crippen molar-refractivity contribution in [3.63, 3.8) is 0 Å². The molecule has 1 aromatic rings. The van der Waals surface area contributed by atoms with Gasteiger partial charge in [0, 0.05) is 19.8 Å². The summed E-state index contributed by atoms with van der Waals surface area (Å²) in [6.07, 6.45) is 4.84. The Hall–Kier alpha value is -1.36. The lowest BCUT2D eigenvalue weighted by atomic mass is 9.95. The van der Waals surface area contributed by atoms with Crippen LogP contribution in [-0.4, -0.2) is 27.8 Å². The zero-order chi connectivity index (χ0) is 13.3. The Bertz CT molecular complexity index is 450. The molecule has 5 heteroatoms. The lowest BCUT2D eigenvalue weighted by Crippen LogP contribution is -2.53. The van der Waals surface area contributed by atoms with Crippen molar-refractivity contribution in [2.45, 2.75) is 38.6 Å². The van der Waals surface area contributed by atoms with Crippen molar-refractivity contribution < 1.29 is 4.79 Å². The first-order valence-electron chi connectivity index (χ1n) is 6.55. The highest BCUT2D eigenvalue weighted by molar-refractivity contribution is 5.95. The van der Waals surface area contributed by atoms with Crippen LogP contribution in [0.4, 0.5) is 0 Å². The van der Waals surface area contributed by atoms with Gasteiger partial charge in [-0.1, -0.05) is 6.92 Å². The van der Waals surface area contributed by atoms with Crippen LogP contribution in [0.2, 0.25) is 0 Å². The second-order valence-corrected chi connectivity index (χ2v) is 5.37. The standard InChI is InChI=1S/C13H22N4O/c1-4-11-10(7-17(3)16-11)12(18)15-13(2,8-14)9-5-6-9/h7,9H,4-6,8,14H2,1-3H3,(H,15,18). The Morgan fingerprint density at radius 3 is 2.83 bits per heavy atom. The van der Waals surface area contributed by atoms with Gasteiger partial charge in [0.05, 0.1) is 16.8 Å². The molecule has 18 heavy (non-hydrogen) atoms. The second kappa shape index (κ2) is 4.72. The fourth-order valence-corrected chi connectivity index (χ4v) is 2.35. The van der Waals surface area contributed by atoms with Crippen molar-refractivity contribution in [2.24, 2.45) is 18.7 Å². The zero-order valence-corrected chi connectivity index (χ0v) is 11.4. The molecule has 3 N–H and O–H groups in total. The first-order chi connectivity index (χ1) is 8.50. The number of nitrogens with zero attached hydrogens (tertiary/aromatic N) is 2. The molecule has 1 amide bonds. The summed E-state index contributed by atoms with van der Waals surface area (Å²) in [7, 11) is 1.83. The minimum Gasteiger partial charge on any atom is -0.345 e. The number of rotatable bonds is 5. The van der Waals surface area contributed by atoms with Gasteiger partial charge in [-0.05, 0) is 32.1 Å². The quantitative estimate of drug-likeness (QED) is 0.813. The van der Waals surface area contributed by atoms with Crippen molar-refractivity contribution in [3.05, 3.63) is 17.5 Å². The Balaban J connectivity index is 2.15. The van der Waals surface area contributed by atoms with E-state index in [1.165, 1.54) is 0 Å². The average Bonchev–Trinajstić information content (AvgIpc) is 3.12.